The van der Waals surface area contributed by atoms with Gasteiger partial charge in [0.1, 0.15) is 5.82 Å². The van der Waals surface area contributed by atoms with Crippen molar-refractivity contribution in [2.24, 2.45) is 0 Å². The summed E-state index contributed by atoms with van der Waals surface area (Å²) in [6.07, 6.45) is 0.724. The molecule has 0 aliphatic carbocycles. The topological polar surface area (TPSA) is 46.9 Å². The molecule has 3 rings (SSSR count). The van der Waals surface area contributed by atoms with Crippen LogP contribution in [0.4, 0.5) is 0 Å². The van der Waals surface area contributed by atoms with Crippen LogP contribution in [0.25, 0.3) is 11.0 Å². The van der Waals surface area contributed by atoms with Gasteiger partial charge >= 0.3 is 0 Å². The Morgan fingerprint density at radius 2 is 1.91 bits per heavy atom. The molecule has 0 aliphatic rings. The van der Waals surface area contributed by atoms with E-state index in [0.29, 0.717) is 0 Å². The highest BCUT2D eigenvalue weighted by Gasteiger charge is 2.16. The summed E-state index contributed by atoms with van der Waals surface area (Å²) in [5, 5.41) is 2.80. The zero-order valence-electron chi connectivity index (χ0n) is 12.8. The molecule has 0 bridgehead atoms. The van der Waals surface area contributed by atoms with E-state index in [1.807, 2.05) is 37.3 Å². The van der Waals surface area contributed by atoms with E-state index in [1.54, 1.807) is 0 Å². The lowest BCUT2D eigenvalue weighted by Gasteiger charge is -2.15. The number of aryl methyl sites for hydroxylation is 1. The van der Waals surface area contributed by atoms with Crippen molar-refractivity contribution >= 4 is 17.4 Å². The second-order valence-corrected chi connectivity index (χ2v) is 5.48. The van der Waals surface area contributed by atoms with Crippen LogP contribution < -0.4 is 5.32 Å². The first kappa shape index (κ1) is 14.3. The lowest BCUT2D eigenvalue weighted by atomic mass is 10.1. The van der Waals surface area contributed by atoms with E-state index >= 15 is 0 Å². The molecule has 0 aliphatic heterocycles. The number of hydrogen-bond acceptors (Lipinski definition) is 2. The van der Waals surface area contributed by atoms with Crippen LogP contribution >= 0.6 is 0 Å². The molecule has 1 atom stereocenters. The molecule has 4 nitrogen and oxygen atoms in total. The van der Waals surface area contributed by atoms with Crippen molar-refractivity contribution in [2.75, 3.05) is 0 Å². The number of aromatic nitrogens is 2. The maximum Gasteiger partial charge on any atom is 0.207 e. The lowest BCUT2D eigenvalue weighted by Crippen LogP contribution is -2.21. The van der Waals surface area contributed by atoms with E-state index < -0.39 is 0 Å². The molecule has 112 valence electrons. The number of carbonyl (C=O) groups excluding carboxylic acids is 1. The number of fused-ring (bicyclic) bond motifs is 1. The van der Waals surface area contributed by atoms with Gasteiger partial charge in [-0.15, -0.1) is 0 Å². The predicted octanol–water partition coefficient (Wildman–Crippen LogP) is 3.20. The number of benzene rings is 2. The number of hydrogen-bond donors (Lipinski definition) is 1. The number of nitrogens with one attached hydrogen (secondary N) is 1. The largest absolute Gasteiger partial charge is 0.349 e. The molecule has 1 heterocycles. The summed E-state index contributed by atoms with van der Waals surface area (Å²) in [4.78, 5) is 15.5. The summed E-state index contributed by atoms with van der Waals surface area (Å²) < 4.78 is 2.18. The third kappa shape index (κ3) is 2.60. The Kier molecular flexibility index (Phi) is 3.92. The molecule has 0 radical (unpaired) electrons. The van der Waals surface area contributed by atoms with E-state index in [2.05, 4.69) is 35.0 Å². The molecule has 1 amide bonds. The second kappa shape index (κ2) is 6.02. The van der Waals surface area contributed by atoms with Gasteiger partial charge in [0.15, 0.2) is 0 Å². The Balaban J connectivity index is 2.11. The third-order valence-electron chi connectivity index (χ3n) is 3.98. The molecule has 0 saturated carbocycles. The fourth-order valence-corrected chi connectivity index (χ4v) is 2.73. The summed E-state index contributed by atoms with van der Waals surface area (Å²) in [5.41, 5.74) is 4.54. The Bertz CT molecular complexity index is 807. The summed E-state index contributed by atoms with van der Waals surface area (Å²) in [6.45, 7) is 4.80. The zero-order valence-corrected chi connectivity index (χ0v) is 12.8. The van der Waals surface area contributed by atoms with Crippen molar-refractivity contribution in [1.29, 1.82) is 0 Å². The molecule has 0 unspecified atom stereocenters. The first-order chi connectivity index (χ1) is 10.7. The summed E-state index contributed by atoms with van der Waals surface area (Å²) >= 11 is 0. The minimum absolute atomic E-state index is 0.131. The Morgan fingerprint density at radius 1 is 1.18 bits per heavy atom. The highest BCUT2D eigenvalue weighted by atomic mass is 16.1. The predicted molar refractivity (Wildman–Crippen MR) is 87.6 cm³/mol. The number of nitrogens with zero attached hydrogens (tertiary/aromatic N) is 2. The molecule has 0 spiro atoms. The zero-order chi connectivity index (χ0) is 15.5. The molecular formula is C18H19N3O. The molecule has 0 fully saturated rings. The van der Waals surface area contributed by atoms with Crippen LogP contribution in [0.3, 0.4) is 0 Å². The monoisotopic (exact) mass is 293 g/mol. The van der Waals surface area contributed by atoms with Crippen molar-refractivity contribution in [3.05, 3.63) is 65.5 Å². The van der Waals surface area contributed by atoms with Crippen LogP contribution in [-0.4, -0.2) is 16.0 Å². The summed E-state index contributed by atoms with van der Waals surface area (Å²) in [7, 11) is 0. The van der Waals surface area contributed by atoms with Crippen molar-refractivity contribution in [3.8, 4) is 0 Å². The molecule has 3 aromatic rings. The van der Waals surface area contributed by atoms with Gasteiger partial charge in [-0.05, 0) is 37.1 Å². The number of imidazole rings is 1. The second-order valence-electron chi connectivity index (χ2n) is 5.48. The third-order valence-corrected chi connectivity index (χ3v) is 3.98. The van der Waals surface area contributed by atoms with Crippen LogP contribution in [0.1, 0.15) is 29.9 Å². The van der Waals surface area contributed by atoms with Gasteiger partial charge in [-0.1, -0.05) is 36.4 Å². The van der Waals surface area contributed by atoms with Crippen molar-refractivity contribution < 1.29 is 4.79 Å². The van der Waals surface area contributed by atoms with Gasteiger partial charge in [-0.2, -0.15) is 0 Å². The molecule has 1 N–H and O–H groups in total. The summed E-state index contributed by atoms with van der Waals surface area (Å²) in [6, 6.07) is 16.3. The molecule has 0 saturated heterocycles. The Morgan fingerprint density at radius 3 is 2.68 bits per heavy atom. The SMILES string of the molecule is Cc1ccccc1Cn1c([C@H](C)NC=O)nc2ccccc21. The molecule has 1 aromatic heterocycles. The number of rotatable bonds is 5. The molecule has 4 heteroatoms. The molecule has 2 aromatic carbocycles. The van der Waals surface area contributed by atoms with E-state index in [1.165, 1.54) is 11.1 Å². The first-order valence-electron chi connectivity index (χ1n) is 7.40. The maximum absolute atomic E-state index is 10.8. The maximum atomic E-state index is 10.8. The van der Waals surface area contributed by atoms with E-state index in [9.17, 15) is 4.79 Å². The Labute approximate surface area is 129 Å². The van der Waals surface area contributed by atoms with Gasteiger partial charge in [0.25, 0.3) is 0 Å². The smallest absolute Gasteiger partial charge is 0.207 e. The van der Waals surface area contributed by atoms with E-state index in [4.69, 9.17) is 4.98 Å². The molecule has 22 heavy (non-hydrogen) atoms. The molecular weight excluding hydrogens is 274 g/mol. The standard InChI is InChI=1S/C18H19N3O/c1-13-7-3-4-8-15(13)11-21-17-10-6-5-9-16(17)20-18(21)14(2)19-12-22/h3-10,12,14H,11H2,1-2H3,(H,19,22)/t14-/m0/s1. The van der Waals surface area contributed by atoms with Gasteiger partial charge < -0.3 is 9.88 Å². The average Bonchev–Trinajstić information content (AvgIpc) is 2.89. The van der Waals surface area contributed by atoms with Gasteiger partial charge in [-0.25, -0.2) is 4.98 Å². The number of para-hydroxylation sites is 2. The van der Waals surface area contributed by atoms with Crippen LogP contribution in [0, 0.1) is 6.92 Å². The van der Waals surface area contributed by atoms with Crippen LogP contribution in [0.15, 0.2) is 48.5 Å². The van der Waals surface area contributed by atoms with Gasteiger partial charge in [0.05, 0.1) is 17.1 Å². The highest BCUT2D eigenvalue weighted by Crippen LogP contribution is 2.22. The first-order valence-corrected chi connectivity index (χ1v) is 7.40. The minimum Gasteiger partial charge on any atom is -0.349 e. The van der Waals surface area contributed by atoms with E-state index in [0.717, 1.165) is 29.8 Å². The number of amides is 1. The van der Waals surface area contributed by atoms with Crippen molar-refractivity contribution in [3.63, 3.8) is 0 Å². The average molecular weight is 293 g/mol. The minimum atomic E-state index is -0.131. The Hall–Kier alpha value is -2.62. The van der Waals surface area contributed by atoms with Gasteiger partial charge in [0, 0.05) is 6.54 Å². The quantitative estimate of drug-likeness (QED) is 0.734. The van der Waals surface area contributed by atoms with Crippen LogP contribution in [0.5, 0.6) is 0 Å². The lowest BCUT2D eigenvalue weighted by molar-refractivity contribution is -0.110. The van der Waals surface area contributed by atoms with Gasteiger partial charge in [-0.3, -0.25) is 4.79 Å². The fraction of sp³-hybridized carbons (Fsp3) is 0.222. The summed E-state index contributed by atoms with van der Waals surface area (Å²) in [5.74, 6) is 0.872. The van der Waals surface area contributed by atoms with Crippen LogP contribution in [-0.2, 0) is 11.3 Å². The van der Waals surface area contributed by atoms with E-state index in [-0.39, 0.29) is 6.04 Å². The van der Waals surface area contributed by atoms with Crippen molar-refractivity contribution in [1.82, 2.24) is 14.9 Å². The van der Waals surface area contributed by atoms with Crippen LogP contribution in [0.2, 0.25) is 0 Å². The van der Waals surface area contributed by atoms with Crippen molar-refractivity contribution in [2.45, 2.75) is 26.4 Å². The fourth-order valence-electron chi connectivity index (χ4n) is 2.73. The highest BCUT2D eigenvalue weighted by molar-refractivity contribution is 5.76. The number of carbonyl (C=O) groups is 1. The normalized spacial score (nSPS) is 12.3. The van der Waals surface area contributed by atoms with Gasteiger partial charge in [0.2, 0.25) is 6.41 Å².